The number of carbonyl (C=O) groups excluding carboxylic acids is 2. The summed E-state index contributed by atoms with van der Waals surface area (Å²) in [6.07, 6.45) is 24.1. The van der Waals surface area contributed by atoms with Crippen LogP contribution in [0.25, 0.3) is 0 Å². The smallest absolute Gasteiger partial charge is 0.305 e. The maximum Gasteiger partial charge on any atom is 0.305 e. The van der Waals surface area contributed by atoms with E-state index in [1.54, 1.807) is 6.08 Å². The summed E-state index contributed by atoms with van der Waals surface area (Å²) in [5.74, 6) is -0.638. The van der Waals surface area contributed by atoms with Crippen LogP contribution in [0.3, 0.4) is 0 Å². The van der Waals surface area contributed by atoms with Gasteiger partial charge in [0.1, 0.15) is 19.3 Å². The van der Waals surface area contributed by atoms with Crippen molar-refractivity contribution in [1.29, 1.82) is 0 Å². The normalized spacial score (nSPS) is 13.6. The van der Waals surface area contributed by atoms with Gasteiger partial charge in [0.05, 0.1) is 6.10 Å². The fourth-order valence-corrected chi connectivity index (χ4v) is 3.35. The number of ether oxygens (including phenoxy) is 2. The highest BCUT2D eigenvalue weighted by atomic mass is 16.6. The van der Waals surface area contributed by atoms with E-state index in [-0.39, 0.29) is 25.2 Å². The molecule has 0 spiro atoms. The van der Waals surface area contributed by atoms with Crippen LogP contribution in [-0.4, -0.2) is 47.6 Å². The summed E-state index contributed by atoms with van der Waals surface area (Å²) < 4.78 is 10.1. The number of allylic oxidation sites excluding steroid dienone is 4. The van der Waals surface area contributed by atoms with Crippen LogP contribution < -0.4 is 0 Å². The molecule has 0 aliphatic heterocycles. The predicted octanol–water partition coefficient (Wildman–Crippen LogP) is 6.35. The second kappa shape index (κ2) is 25.2. The van der Waals surface area contributed by atoms with Crippen molar-refractivity contribution in [1.82, 2.24) is 0 Å². The fourth-order valence-electron chi connectivity index (χ4n) is 3.35. The largest absolute Gasteiger partial charge is 0.463 e. The van der Waals surface area contributed by atoms with Crippen LogP contribution in [-0.2, 0) is 19.1 Å². The summed E-state index contributed by atoms with van der Waals surface area (Å²) >= 11 is 0. The van der Waals surface area contributed by atoms with Crippen LogP contribution in [0.5, 0.6) is 0 Å². The number of rotatable bonds is 23. The number of hydrogen-bond donors (Lipinski definition) is 2. The van der Waals surface area contributed by atoms with E-state index in [1.165, 1.54) is 6.42 Å². The number of unbranched alkanes of at least 4 members (excludes halogenated alkanes) is 9. The summed E-state index contributed by atoms with van der Waals surface area (Å²) in [6.45, 7) is 3.94. The highest BCUT2D eigenvalue weighted by Gasteiger charge is 2.12. The van der Waals surface area contributed by atoms with Crippen molar-refractivity contribution < 1.29 is 29.3 Å². The SMILES string of the molecule is CC/C=C/CC(O)/C=C/C=C/CCCCCCCC(=O)OC[C@H](O)COC(=O)CCCCCCC. The third-order valence-corrected chi connectivity index (χ3v) is 5.47. The molecule has 0 saturated carbocycles. The zero-order valence-electron chi connectivity index (χ0n) is 22.2. The lowest BCUT2D eigenvalue weighted by atomic mass is 10.1. The van der Waals surface area contributed by atoms with Gasteiger partial charge in [0.2, 0.25) is 0 Å². The number of aliphatic hydroxyl groups excluding tert-OH is 2. The topological polar surface area (TPSA) is 93.1 Å². The Labute approximate surface area is 213 Å². The molecule has 0 aliphatic carbocycles. The molecule has 0 rings (SSSR count). The van der Waals surface area contributed by atoms with Crippen LogP contribution in [0, 0.1) is 0 Å². The summed E-state index contributed by atoms with van der Waals surface area (Å²) in [5.41, 5.74) is 0. The maximum atomic E-state index is 11.8. The van der Waals surface area contributed by atoms with Gasteiger partial charge >= 0.3 is 11.9 Å². The molecule has 0 aromatic carbocycles. The molecule has 0 aromatic heterocycles. The van der Waals surface area contributed by atoms with Gasteiger partial charge < -0.3 is 19.7 Å². The van der Waals surface area contributed by atoms with E-state index >= 15 is 0 Å². The molecule has 0 radical (unpaired) electrons. The Morgan fingerprint density at radius 3 is 1.89 bits per heavy atom. The van der Waals surface area contributed by atoms with E-state index < -0.39 is 12.2 Å². The van der Waals surface area contributed by atoms with Crippen LogP contribution >= 0.6 is 0 Å². The monoisotopic (exact) mass is 494 g/mol. The molecular formula is C29H50O6. The Hall–Kier alpha value is -1.92. The van der Waals surface area contributed by atoms with Gasteiger partial charge in [0.25, 0.3) is 0 Å². The van der Waals surface area contributed by atoms with E-state index in [0.717, 1.165) is 70.6 Å². The number of hydrogen-bond acceptors (Lipinski definition) is 6. The van der Waals surface area contributed by atoms with Gasteiger partial charge in [0, 0.05) is 12.8 Å². The minimum atomic E-state index is -0.980. The highest BCUT2D eigenvalue weighted by molar-refractivity contribution is 5.69. The lowest BCUT2D eigenvalue weighted by Gasteiger charge is -2.12. The van der Waals surface area contributed by atoms with E-state index in [0.29, 0.717) is 19.3 Å². The Bertz CT molecular complexity index is 596. The molecule has 2 N–H and O–H groups in total. The van der Waals surface area contributed by atoms with Crippen molar-refractivity contribution in [3.63, 3.8) is 0 Å². The molecule has 35 heavy (non-hydrogen) atoms. The lowest BCUT2D eigenvalue weighted by Crippen LogP contribution is -2.25. The average Bonchev–Trinajstić information content (AvgIpc) is 2.84. The summed E-state index contributed by atoms with van der Waals surface area (Å²) in [4.78, 5) is 23.4. The Kier molecular flexibility index (Phi) is 23.8. The van der Waals surface area contributed by atoms with Crippen LogP contribution in [0.4, 0.5) is 0 Å². The van der Waals surface area contributed by atoms with E-state index in [1.807, 2.05) is 18.2 Å². The first-order chi connectivity index (χ1) is 17.0. The molecule has 0 aliphatic rings. The van der Waals surface area contributed by atoms with Crippen molar-refractivity contribution in [2.45, 2.75) is 122 Å². The van der Waals surface area contributed by atoms with Gasteiger partial charge in [-0.15, -0.1) is 0 Å². The molecule has 0 amide bonds. The van der Waals surface area contributed by atoms with Gasteiger partial charge in [-0.3, -0.25) is 9.59 Å². The standard InChI is InChI=1S/C29H50O6/c1-3-5-7-13-18-22-28(32)34-24-27(31)25-35-29(33)23-19-15-12-10-8-9-11-14-17-21-26(30)20-16-6-4-2/h6,11,14,16-17,21,26-27,30-31H,3-5,7-10,12-13,15,18-20,22-25H2,1-2H3/b14-11+,16-6+,21-17+/t26?,27-/m1/s1. The van der Waals surface area contributed by atoms with Gasteiger partial charge in [0.15, 0.2) is 0 Å². The lowest BCUT2D eigenvalue weighted by molar-refractivity contribution is -0.152. The van der Waals surface area contributed by atoms with Crippen molar-refractivity contribution in [2.24, 2.45) is 0 Å². The summed E-state index contributed by atoms with van der Waals surface area (Å²) in [5, 5.41) is 19.6. The number of carbonyl (C=O) groups is 2. The molecule has 1 unspecified atom stereocenters. The molecule has 0 aromatic rings. The average molecular weight is 495 g/mol. The van der Waals surface area contributed by atoms with Crippen molar-refractivity contribution >= 4 is 11.9 Å². The van der Waals surface area contributed by atoms with Crippen LogP contribution in [0.2, 0.25) is 0 Å². The van der Waals surface area contributed by atoms with Gasteiger partial charge in [-0.2, -0.15) is 0 Å². The second-order valence-corrected chi connectivity index (χ2v) is 8.99. The summed E-state index contributed by atoms with van der Waals surface area (Å²) in [6, 6.07) is 0. The molecule has 2 atom stereocenters. The second-order valence-electron chi connectivity index (χ2n) is 8.99. The van der Waals surface area contributed by atoms with Crippen LogP contribution in [0.15, 0.2) is 36.5 Å². The Morgan fingerprint density at radius 1 is 0.714 bits per heavy atom. The van der Waals surface area contributed by atoms with Gasteiger partial charge in [-0.05, 0) is 38.5 Å². The van der Waals surface area contributed by atoms with Crippen molar-refractivity contribution in [3.05, 3.63) is 36.5 Å². The molecule has 6 heteroatoms. The Morgan fingerprint density at radius 2 is 1.29 bits per heavy atom. The van der Waals surface area contributed by atoms with E-state index in [9.17, 15) is 19.8 Å². The Balaban J connectivity index is 3.58. The van der Waals surface area contributed by atoms with Gasteiger partial charge in [-0.25, -0.2) is 0 Å². The number of aliphatic hydroxyl groups is 2. The first kappa shape index (κ1) is 33.1. The van der Waals surface area contributed by atoms with E-state index in [4.69, 9.17) is 9.47 Å². The third kappa shape index (κ3) is 25.0. The minimum Gasteiger partial charge on any atom is -0.463 e. The number of esters is 2. The minimum absolute atomic E-state index is 0.137. The molecule has 0 fully saturated rings. The molecule has 6 nitrogen and oxygen atoms in total. The molecule has 0 saturated heterocycles. The zero-order valence-corrected chi connectivity index (χ0v) is 22.2. The predicted molar refractivity (Wildman–Crippen MR) is 142 cm³/mol. The molecule has 0 heterocycles. The maximum absolute atomic E-state index is 11.8. The fraction of sp³-hybridized carbons (Fsp3) is 0.724. The van der Waals surface area contributed by atoms with Gasteiger partial charge in [-0.1, -0.05) is 95.2 Å². The zero-order chi connectivity index (χ0) is 26.0. The first-order valence-electron chi connectivity index (χ1n) is 13.6. The highest BCUT2D eigenvalue weighted by Crippen LogP contribution is 2.09. The van der Waals surface area contributed by atoms with E-state index in [2.05, 4.69) is 26.0 Å². The van der Waals surface area contributed by atoms with Crippen LogP contribution in [0.1, 0.15) is 110 Å². The first-order valence-corrected chi connectivity index (χ1v) is 13.6. The quantitative estimate of drug-likeness (QED) is 0.0743. The molecular weight excluding hydrogens is 444 g/mol. The summed E-state index contributed by atoms with van der Waals surface area (Å²) in [7, 11) is 0. The van der Waals surface area contributed by atoms with Crippen molar-refractivity contribution in [2.75, 3.05) is 13.2 Å². The van der Waals surface area contributed by atoms with Crippen molar-refractivity contribution in [3.8, 4) is 0 Å². The molecule has 202 valence electrons. The molecule has 0 bridgehead atoms. The third-order valence-electron chi connectivity index (χ3n) is 5.47.